The van der Waals surface area contributed by atoms with Crippen molar-refractivity contribution in [3.63, 3.8) is 0 Å². The predicted molar refractivity (Wildman–Crippen MR) is 82.2 cm³/mol. The van der Waals surface area contributed by atoms with Gasteiger partial charge in [-0.3, -0.25) is 4.79 Å². The quantitative estimate of drug-likeness (QED) is 0.834. The summed E-state index contributed by atoms with van der Waals surface area (Å²) in [5.41, 5.74) is -0.0805. The molecule has 5 nitrogen and oxygen atoms in total. The first-order chi connectivity index (χ1) is 9.67. The fourth-order valence-electron chi connectivity index (χ4n) is 2.69. The molecule has 112 valence electrons. The molecule has 1 unspecified atom stereocenters. The molecule has 1 aromatic rings. The Morgan fingerprint density at radius 3 is 2.85 bits per heavy atom. The van der Waals surface area contributed by atoms with Gasteiger partial charge >= 0.3 is 0 Å². The van der Waals surface area contributed by atoms with Crippen LogP contribution in [-0.4, -0.2) is 41.0 Å². The highest BCUT2D eigenvalue weighted by atomic mass is 16.1. The highest BCUT2D eigenvalue weighted by molar-refractivity contribution is 5.32. The first-order valence-electron chi connectivity index (χ1n) is 7.74. The van der Waals surface area contributed by atoms with Gasteiger partial charge in [-0.15, -0.1) is 0 Å². The van der Waals surface area contributed by atoms with E-state index in [1.165, 1.54) is 38.4 Å². The summed E-state index contributed by atoms with van der Waals surface area (Å²) in [6, 6.07) is 1.53. The highest BCUT2D eigenvalue weighted by Gasteiger charge is 2.13. The van der Waals surface area contributed by atoms with E-state index >= 15 is 0 Å². The van der Waals surface area contributed by atoms with Gasteiger partial charge in [-0.1, -0.05) is 20.3 Å². The van der Waals surface area contributed by atoms with Gasteiger partial charge in [-0.25, -0.2) is 4.98 Å². The Balaban J connectivity index is 1.81. The monoisotopic (exact) mass is 278 g/mol. The lowest BCUT2D eigenvalue weighted by atomic mass is 10.1. The summed E-state index contributed by atoms with van der Waals surface area (Å²) < 4.78 is 0. The number of aromatic amines is 1. The van der Waals surface area contributed by atoms with Crippen LogP contribution in [0.15, 0.2) is 10.9 Å². The molecule has 0 radical (unpaired) electrons. The molecule has 1 fully saturated rings. The van der Waals surface area contributed by atoms with E-state index in [2.05, 4.69) is 27.1 Å². The number of likely N-dealkylation sites (tertiary alicyclic amines) is 1. The first kappa shape index (κ1) is 15.0. The molecule has 0 bridgehead atoms. The van der Waals surface area contributed by atoms with Crippen molar-refractivity contribution in [2.45, 2.75) is 39.5 Å². The van der Waals surface area contributed by atoms with Crippen LogP contribution in [-0.2, 0) is 6.42 Å². The van der Waals surface area contributed by atoms with E-state index in [1.807, 2.05) is 6.92 Å². The molecule has 5 heteroatoms. The molecular weight excluding hydrogens is 252 g/mol. The maximum atomic E-state index is 11.5. The number of nitrogens with one attached hydrogen (secondary N) is 2. The van der Waals surface area contributed by atoms with Crippen molar-refractivity contribution in [3.05, 3.63) is 22.2 Å². The van der Waals surface area contributed by atoms with E-state index in [4.69, 9.17) is 0 Å². The third-order valence-electron chi connectivity index (χ3n) is 3.78. The summed E-state index contributed by atoms with van der Waals surface area (Å²) in [6.07, 6.45) is 4.78. The van der Waals surface area contributed by atoms with Gasteiger partial charge in [-0.2, -0.15) is 0 Å². The first-order valence-corrected chi connectivity index (χ1v) is 7.74. The van der Waals surface area contributed by atoms with Gasteiger partial charge in [0.1, 0.15) is 11.6 Å². The third kappa shape index (κ3) is 4.63. The lowest BCUT2D eigenvalue weighted by Crippen LogP contribution is -2.35. The Labute approximate surface area is 120 Å². The van der Waals surface area contributed by atoms with E-state index in [9.17, 15) is 4.79 Å². The molecule has 0 spiro atoms. The second-order valence-electron chi connectivity index (χ2n) is 5.78. The summed E-state index contributed by atoms with van der Waals surface area (Å²) in [5.74, 6) is 1.99. The molecule has 0 aliphatic carbocycles. The van der Waals surface area contributed by atoms with E-state index in [1.54, 1.807) is 0 Å². The van der Waals surface area contributed by atoms with E-state index < -0.39 is 0 Å². The molecule has 0 saturated carbocycles. The lowest BCUT2D eigenvalue weighted by molar-refractivity contribution is 0.204. The van der Waals surface area contributed by atoms with Crippen LogP contribution in [0.5, 0.6) is 0 Å². The summed E-state index contributed by atoms with van der Waals surface area (Å²) in [6.45, 7) is 8.67. The van der Waals surface area contributed by atoms with Crippen molar-refractivity contribution in [2.75, 3.05) is 31.5 Å². The summed E-state index contributed by atoms with van der Waals surface area (Å²) in [4.78, 5) is 21.2. The molecular formula is C15H26N4O. The fraction of sp³-hybridized carbons (Fsp3) is 0.733. The van der Waals surface area contributed by atoms with Crippen LogP contribution in [0.25, 0.3) is 0 Å². The van der Waals surface area contributed by atoms with Crippen molar-refractivity contribution < 1.29 is 0 Å². The van der Waals surface area contributed by atoms with Gasteiger partial charge in [0.25, 0.3) is 5.56 Å². The van der Waals surface area contributed by atoms with Crippen molar-refractivity contribution >= 4 is 5.82 Å². The number of aromatic nitrogens is 2. The van der Waals surface area contributed by atoms with Crippen molar-refractivity contribution in [1.82, 2.24) is 14.9 Å². The minimum absolute atomic E-state index is 0.0805. The number of aryl methyl sites for hydroxylation is 1. The van der Waals surface area contributed by atoms with Crippen molar-refractivity contribution in [2.24, 2.45) is 5.92 Å². The Bertz CT molecular complexity index is 465. The molecule has 20 heavy (non-hydrogen) atoms. The predicted octanol–water partition coefficient (Wildman–Crippen LogP) is 1.87. The zero-order chi connectivity index (χ0) is 14.4. The van der Waals surface area contributed by atoms with E-state index in [-0.39, 0.29) is 5.56 Å². The second kappa shape index (κ2) is 7.43. The van der Waals surface area contributed by atoms with E-state index in [0.717, 1.165) is 25.3 Å². The maximum Gasteiger partial charge on any atom is 0.252 e. The standard InChI is InChI=1S/C15H26N4O/c1-3-13-17-14(9-15(20)18-13)16-10-12(2)11-19-7-5-4-6-8-19/h9,12H,3-8,10-11H2,1-2H3,(H2,16,17,18,20). The minimum atomic E-state index is -0.0805. The van der Waals surface area contributed by atoms with Gasteiger partial charge < -0.3 is 15.2 Å². The average Bonchev–Trinajstić information content (AvgIpc) is 2.45. The molecule has 0 amide bonds. The summed E-state index contributed by atoms with van der Waals surface area (Å²) in [7, 11) is 0. The Hall–Kier alpha value is -1.36. The molecule has 1 aliphatic rings. The average molecular weight is 278 g/mol. The van der Waals surface area contributed by atoms with Crippen LogP contribution < -0.4 is 10.9 Å². The Kier molecular flexibility index (Phi) is 5.59. The zero-order valence-electron chi connectivity index (χ0n) is 12.6. The highest BCUT2D eigenvalue weighted by Crippen LogP contribution is 2.11. The van der Waals surface area contributed by atoms with E-state index in [0.29, 0.717) is 11.7 Å². The third-order valence-corrected chi connectivity index (χ3v) is 3.78. The van der Waals surface area contributed by atoms with Gasteiger partial charge in [0.2, 0.25) is 0 Å². The molecule has 2 rings (SSSR count). The number of anilines is 1. The number of H-pyrrole nitrogens is 1. The molecule has 1 aromatic heterocycles. The molecule has 2 N–H and O–H groups in total. The lowest BCUT2D eigenvalue weighted by Gasteiger charge is -2.29. The van der Waals surface area contributed by atoms with Gasteiger partial charge in [-0.05, 0) is 31.8 Å². The smallest absolute Gasteiger partial charge is 0.252 e. The second-order valence-corrected chi connectivity index (χ2v) is 5.78. The van der Waals surface area contributed by atoms with Crippen LogP contribution in [0, 0.1) is 5.92 Å². The number of hydrogen-bond donors (Lipinski definition) is 2. The molecule has 0 aromatic carbocycles. The summed E-state index contributed by atoms with van der Waals surface area (Å²) >= 11 is 0. The number of piperidine rings is 1. The minimum Gasteiger partial charge on any atom is -0.370 e. The Morgan fingerprint density at radius 2 is 2.15 bits per heavy atom. The normalized spacial score (nSPS) is 17.9. The summed E-state index contributed by atoms with van der Waals surface area (Å²) in [5, 5.41) is 3.29. The maximum absolute atomic E-state index is 11.5. The van der Waals surface area contributed by atoms with Gasteiger partial charge in [0, 0.05) is 25.6 Å². The van der Waals surface area contributed by atoms with Crippen LogP contribution >= 0.6 is 0 Å². The fourth-order valence-corrected chi connectivity index (χ4v) is 2.69. The van der Waals surface area contributed by atoms with Gasteiger partial charge in [0.15, 0.2) is 0 Å². The SMILES string of the molecule is CCc1nc(NCC(C)CN2CCCCC2)cc(=O)[nH]1. The number of rotatable bonds is 6. The van der Waals surface area contributed by atoms with Crippen LogP contribution in [0.2, 0.25) is 0 Å². The zero-order valence-corrected chi connectivity index (χ0v) is 12.6. The molecule has 2 heterocycles. The van der Waals surface area contributed by atoms with Crippen molar-refractivity contribution in [3.8, 4) is 0 Å². The van der Waals surface area contributed by atoms with Crippen LogP contribution in [0.1, 0.15) is 38.9 Å². The number of nitrogens with zero attached hydrogens (tertiary/aromatic N) is 2. The van der Waals surface area contributed by atoms with Crippen molar-refractivity contribution in [1.29, 1.82) is 0 Å². The molecule has 1 saturated heterocycles. The van der Waals surface area contributed by atoms with Crippen LogP contribution in [0.4, 0.5) is 5.82 Å². The van der Waals surface area contributed by atoms with Gasteiger partial charge in [0.05, 0.1) is 0 Å². The molecule has 1 atom stereocenters. The van der Waals surface area contributed by atoms with Crippen LogP contribution in [0.3, 0.4) is 0 Å². The molecule has 1 aliphatic heterocycles. The topological polar surface area (TPSA) is 61.0 Å². The number of hydrogen-bond acceptors (Lipinski definition) is 4. The largest absolute Gasteiger partial charge is 0.370 e. The Morgan fingerprint density at radius 1 is 1.40 bits per heavy atom.